The van der Waals surface area contributed by atoms with E-state index in [2.05, 4.69) is 58.7 Å². The van der Waals surface area contributed by atoms with Gasteiger partial charge in [0, 0.05) is 17.3 Å². The van der Waals surface area contributed by atoms with E-state index in [9.17, 15) is 0 Å². The van der Waals surface area contributed by atoms with Gasteiger partial charge in [0.1, 0.15) is 0 Å². The maximum absolute atomic E-state index is 5.91. The number of aromatic nitrogens is 3. The van der Waals surface area contributed by atoms with Crippen molar-refractivity contribution in [1.29, 1.82) is 0 Å². The summed E-state index contributed by atoms with van der Waals surface area (Å²) in [5, 5.41) is 15.4. The Bertz CT molecular complexity index is 888. The highest BCUT2D eigenvalue weighted by atomic mass is 35.5. The zero-order valence-corrected chi connectivity index (χ0v) is 16.6. The van der Waals surface area contributed by atoms with Crippen LogP contribution in [0.2, 0.25) is 5.02 Å². The topological polar surface area (TPSA) is 62.7 Å². The molecule has 2 aromatic carbocycles. The number of nitrogens with zero attached hydrogens (tertiary/aromatic N) is 3. The molecule has 6 heteroatoms. The van der Waals surface area contributed by atoms with Crippen molar-refractivity contribution in [3.63, 3.8) is 0 Å². The number of hydrogen-bond donors (Lipinski definition) is 2. The second-order valence-electron chi connectivity index (χ2n) is 7.39. The van der Waals surface area contributed by atoms with Crippen molar-refractivity contribution in [3.8, 4) is 0 Å². The molecule has 3 aromatic rings. The molecule has 1 heterocycles. The Morgan fingerprint density at radius 2 is 1.74 bits per heavy atom. The van der Waals surface area contributed by atoms with Crippen LogP contribution in [-0.4, -0.2) is 21.7 Å². The second-order valence-corrected chi connectivity index (χ2v) is 7.83. The number of hydrogen-bond acceptors (Lipinski definition) is 5. The molecule has 0 aliphatic heterocycles. The molecule has 3 rings (SSSR count). The highest BCUT2D eigenvalue weighted by Gasteiger charge is 2.17. The molecule has 0 amide bonds. The molecule has 0 aliphatic carbocycles. The van der Waals surface area contributed by atoms with E-state index in [1.54, 1.807) is 6.20 Å². The molecule has 0 spiro atoms. The minimum Gasteiger partial charge on any atom is -0.353 e. The molecular weight excluding hydrogens is 358 g/mol. The predicted molar refractivity (Wildman–Crippen MR) is 112 cm³/mol. The molecule has 0 saturated carbocycles. The number of anilines is 3. The molecule has 27 heavy (non-hydrogen) atoms. The van der Waals surface area contributed by atoms with Gasteiger partial charge in [-0.3, -0.25) is 0 Å². The number of para-hydroxylation sites is 1. The van der Waals surface area contributed by atoms with Gasteiger partial charge in [-0.1, -0.05) is 62.7 Å². The molecule has 140 valence electrons. The van der Waals surface area contributed by atoms with Crippen LogP contribution in [0.1, 0.15) is 31.9 Å². The third-order valence-electron chi connectivity index (χ3n) is 4.17. The Morgan fingerprint density at radius 3 is 2.48 bits per heavy atom. The van der Waals surface area contributed by atoms with Crippen LogP contribution in [0.5, 0.6) is 0 Å². The molecule has 0 bridgehead atoms. The van der Waals surface area contributed by atoms with E-state index >= 15 is 0 Å². The second kappa shape index (κ2) is 8.35. The third-order valence-corrected chi connectivity index (χ3v) is 4.42. The van der Waals surface area contributed by atoms with Crippen molar-refractivity contribution < 1.29 is 0 Å². The van der Waals surface area contributed by atoms with Gasteiger partial charge in [0.15, 0.2) is 5.82 Å². The van der Waals surface area contributed by atoms with Crippen LogP contribution in [0, 0.1) is 0 Å². The molecule has 0 radical (unpaired) electrons. The predicted octanol–water partition coefficient (Wildman–Crippen LogP) is 5.22. The van der Waals surface area contributed by atoms with Crippen molar-refractivity contribution in [2.75, 3.05) is 17.2 Å². The van der Waals surface area contributed by atoms with Crippen LogP contribution in [-0.2, 0) is 11.8 Å². The fourth-order valence-corrected chi connectivity index (χ4v) is 2.92. The molecule has 0 aliphatic rings. The molecule has 1 aromatic heterocycles. The lowest BCUT2D eigenvalue weighted by molar-refractivity contribution is 0.592. The van der Waals surface area contributed by atoms with Gasteiger partial charge in [-0.2, -0.15) is 10.1 Å². The average Bonchev–Trinajstić information content (AvgIpc) is 2.63. The molecule has 0 atom stereocenters. The minimum atomic E-state index is 0.0315. The highest BCUT2D eigenvalue weighted by molar-refractivity contribution is 6.30. The van der Waals surface area contributed by atoms with Gasteiger partial charge in [0.25, 0.3) is 0 Å². The van der Waals surface area contributed by atoms with Crippen molar-refractivity contribution in [2.45, 2.75) is 32.6 Å². The van der Waals surface area contributed by atoms with E-state index in [1.165, 1.54) is 11.1 Å². The SMILES string of the molecule is CC(C)(C)c1ccccc1Nc1cnnc(NCCc2ccc(Cl)cc2)n1. The molecule has 2 N–H and O–H groups in total. The first kappa shape index (κ1) is 19.1. The van der Waals surface area contributed by atoms with Crippen molar-refractivity contribution in [3.05, 3.63) is 70.9 Å². The van der Waals surface area contributed by atoms with Gasteiger partial charge in [-0.25, -0.2) is 0 Å². The van der Waals surface area contributed by atoms with Gasteiger partial charge in [-0.05, 0) is 41.2 Å². The van der Waals surface area contributed by atoms with Crippen molar-refractivity contribution >= 4 is 29.1 Å². The minimum absolute atomic E-state index is 0.0315. The maximum atomic E-state index is 5.91. The summed E-state index contributed by atoms with van der Waals surface area (Å²) in [5.41, 5.74) is 3.48. The highest BCUT2D eigenvalue weighted by Crippen LogP contribution is 2.30. The molecule has 0 fully saturated rings. The summed E-state index contributed by atoms with van der Waals surface area (Å²) < 4.78 is 0. The lowest BCUT2D eigenvalue weighted by atomic mass is 9.86. The first-order valence-corrected chi connectivity index (χ1v) is 9.34. The third kappa shape index (κ3) is 5.41. The summed E-state index contributed by atoms with van der Waals surface area (Å²) in [6.45, 7) is 7.28. The lowest BCUT2D eigenvalue weighted by Gasteiger charge is -2.23. The van der Waals surface area contributed by atoms with Crippen LogP contribution in [0.15, 0.2) is 54.7 Å². The largest absolute Gasteiger partial charge is 0.353 e. The number of benzene rings is 2. The quantitative estimate of drug-likeness (QED) is 0.612. The van der Waals surface area contributed by atoms with Gasteiger partial charge >= 0.3 is 0 Å². The van der Waals surface area contributed by atoms with E-state index in [-0.39, 0.29) is 5.41 Å². The first-order chi connectivity index (χ1) is 12.9. The zero-order valence-electron chi connectivity index (χ0n) is 15.8. The Kier molecular flexibility index (Phi) is 5.91. The first-order valence-electron chi connectivity index (χ1n) is 8.96. The molecular formula is C21H24ClN5. The van der Waals surface area contributed by atoms with E-state index in [1.807, 2.05) is 36.4 Å². The maximum Gasteiger partial charge on any atom is 0.244 e. The number of halogens is 1. The van der Waals surface area contributed by atoms with Crippen LogP contribution in [0.25, 0.3) is 0 Å². The number of nitrogens with one attached hydrogen (secondary N) is 2. The molecule has 0 saturated heterocycles. The Balaban J connectivity index is 1.65. The molecule has 0 unspecified atom stereocenters. The van der Waals surface area contributed by atoms with Gasteiger partial charge in [0.2, 0.25) is 5.95 Å². The van der Waals surface area contributed by atoms with Gasteiger partial charge in [0.05, 0.1) is 6.20 Å². The smallest absolute Gasteiger partial charge is 0.244 e. The standard InChI is InChI=1S/C21H24ClN5/c1-21(2,3)17-6-4-5-7-18(17)25-19-14-24-27-20(26-19)23-13-12-15-8-10-16(22)11-9-15/h4-11,14H,12-13H2,1-3H3,(H2,23,25,26,27). The summed E-state index contributed by atoms with van der Waals surface area (Å²) in [5.74, 6) is 1.16. The average molecular weight is 382 g/mol. The summed E-state index contributed by atoms with van der Waals surface area (Å²) in [6.07, 6.45) is 2.48. The van der Waals surface area contributed by atoms with E-state index in [0.29, 0.717) is 18.3 Å². The monoisotopic (exact) mass is 381 g/mol. The Hall–Kier alpha value is -2.66. The summed E-state index contributed by atoms with van der Waals surface area (Å²) in [4.78, 5) is 4.52. The molecule has 5 nitrogen and oxygen atoms in total. The van der Waals surface area contributed by atoms with E-state index in [4.69, 9.17) is 11.6 Å². The fraction of sp³-hybridized carbons (Fsp3) is 0.286. The zero-order chi connectivity index (χ0) is 19.3. The Labute approximate surface area is 165 Å². The lowest BCUT2D eigenvalue weighted by Crippen LogP contribution is -2.14. The Morgan fingerprint density at radius 1 is 1.00 bits per heavy atom. The summed E-state index contributed by atoms with van der Waals surface area (Å²) in [7, 11) is 0. The summed E-state index contributed by atoms with van der Waals surface area (Å²) >= 11 is 5.91. The number of rotatable bonds is 6. The normalized spacial score (nSPS) is 11.3. The van der Waals surface area contributed by atoms with Crippen molar-refractivity contribution in [1.82, 2.24) is 15.2 Å². The van der Waals surface area contributed by atoms with E-state index < -0.39 is 0 Å². The van der Waals surface area contributed by atoms with Crippen LogP contribution in [0.3, 0.4) is 0 Å². The van der Waals surface area contributed by atoms with Crippen LogP contribution in [0.4, 0.5) is 17.5 Å². The van der Waals surface area contributed by atoms with Gasteiger partial charge < -0.3 is 10.6 Å². The summed E-state index contributed by atoms with van der Waals surface area (Å²) in [6, 6.07) is 16.1. The van der Waals surface area contributed by atoms with Gasteiger partial charge in [-0.15, -0.1) is 5.10 Å². The van der Waals surface area contributed by atoms with Crippen molar-refractivity contribution in [2.24, 2.45) is 0 Å². The van der Waals surface area contributed by atoms with Crippen LogP contribution >= 0.6 is 11.6 Å². The van der Waals surface area contributed by atoms with Crippen LogP contribution < -0.4 is 10.6 Å². The van der Waals surface area contributed by atoms with E-state index in [0.717, 1.165) is 17.1 Å². The fourth-order valence-electron chi connectivity index (χ4n) is 2.79.